The molecule has 76 heavy (non-hydrogen) atoms. The summed E-state index contributed by atoms with van der Waals surface area (Å²) in [7, 11) is 0. The van der Waals surface area contributed by atoms with Gasteiger partial charge in [-0.25, -0.2) is 0 Å². The Morgan fingerprint density at radius 1 is 0.263 bits per heavy atom. The highest BCUT2D eigenvalue weighted by Crippen LogP contribution is 2.18. The zero-order valence-electron chi connectivity index (χ0n) is 51.3. The van der Waals surface area contributed by atoms with Crippen LogP contribution in [0.2, 0.25) is 0 Å². The quantitative estimate of drug-likeness (QED) is 0.0261. The van der Waals surface area contributed by atoms with Gasteiger partial charge in [-0.2, -0.15) is 0 Å². The van der Waals surface area contributed by atoms with Gasteiger partial charge in [-0.3, -0.25) is 14.4 Å². The van der Waals surface area contributed by atoms with Gasteiger partial charge in [0.15, 0.2) is 6.10 Å². The summed E-state index contributed by atoms with van der Waals surface area (Å²) in [5, 5.41) is 0. The van der Waals surface area contributed by atoms with Crippen LogP contribution < -0.4 is 0 Å². The Labute approximate surface area is 474 Å². The molecule has 0 saturated heterocycles. The van der Waals surface area contributed by atoms with Crippen LogP contribution in [-0.4, -0.2) is 37.2 Å². The minimum absolute atomic E-state index is 0.0669. The molecule has 446 valence electrons. The van der Waals surface area contributed by atoms with Gasteiger partial charge in [0.2, 0.25) is 0 Å². The number of rotatable bonds is 63. The minimum atomic E-state index is -0.767. The van der Waals surface area contributed by atoms with Crippen LogP contribution in [0.15, 0.2) is 36.5 Å². The summed E-state index contributed by atoms with van der Waals surface area (Å²) >= 11 is 0. The first kappa shape index (κ1) is 73.6. The molecule has 0 radical (unpaired) electrons. The molecule has 0 saturated carbocycles. The normalized spacial score (nSPS) is 12.2. The van der Waals surface area contributed by atoms with E-state index in [0.29, 0.717) is 19.3 Å². The van der Waals surface area contributed by atoms with Gasteiger partial charge >= 0.3 is 17.9 Å². The average Bonchev–Trinajstić information content (AvgIpc) is 3.42. The zero-order chi connectivity index (χ0) is 55.0. The average molecular weight is 1070 g/mol. The molecular weight excluding hydrogens is 937 g/mol. The Hall–Kier alpha value is -2.37. The van der Waals surface area contributed by atoms with Gasteiger partial charge in [0.25, 0.3) is 0 Å². The van der Waals surface area contributed by atoms with Crippen molar-refractivity contribution in [2.75, 3.05) is 13.2 Å². The summed E-state index contributed by atoms with van der Waals surface area (Å²) in [6, 6.07) is 0. The number of carbonyl (C=O) groups is 3. The van der Waals surface area contributed by atoms with Crippen molar-refractivity contribution in [3.8, 4) is 0 Å². The highest BCUT2D eigenvalue weighted by Gasteiger charge is 2.19. The van der Waals surface area contributed by atoms with Crippen molar-refractivity contribution < 1.29 is 28.6 Å². The third kappa shape index (κ3) is 62.5. The number of carbonyl (C=O) groups excluding carboxylic acids is 3. The van der Waals surface area contributed by atoms with E-state index in [2.05, 4.69) is 57.2 Å². The Bertz CT molecular complexity index is 1270. The molecule has 0 spiro atoms. The molecule has 0 bridgehead atoms. The van der Waals surface area contributed by atoms with E-state index in [1.165, 1.54) is 263 Å². The van der Waals surface area contributed by atoms with Crippen LogP contribution in [0.3, 0.4) is 0 Å². The number of ether oxygens (including phenoxy) is 3. The van der Waals surface area contributed by atoms with Gasteiger partial charge < -0.3 is 14.2 Å². The monoisotopic (exact) mass is 1070 g/mol. The first-order chi connectivity index (χ1) is 37.5. The van der Waals surface area contributed by atoms with Crippen LogP contribution >= 0.6 is 0 Å². The summed E-state index contributed by atoms with van der Waals surface area (Å²) in [6.45, 7) is 6.65. The van der Waals surface area contributed by atoms with Crippen molar-refractivity contribution in [1.82, 2.24) is 0 Å². The number of hydrogen-bond acceptors (Lipinski definition) is 6. The first-order valence-electron chi connectivity index (χ1n) is 34.0. The number of unbranched alkanes of at least 4 members (excludes halogenated alkanes) is 46. The van der Waals surface area contributed by atoms with E-state index in [4.69, 9.17) is 14.2 Å². The second-order valence-electron chi connectivity index (χ2n) is 23.1. The Morgan fingerprint density at radius 2 is 0.474 bits per heavy atom. The molecule has 0 amide bonds. The fourth-order valence-corrected chi connectivity index (χ4v) is 10.3. The Kier molecular flexibility index (Phi) is 63.1. The lowest BCUT2D eigenvalue weighted by atomic mass is 10.0. The van der Waals surface area contributed by atoms with E-state index in [1.54, 1.807) is 0 Å². The third-order valence-electron chi connectivity index (χ3n) is 15.4. The van der Waals surface area contributed by atoms with Crippen molar-refractivity contribution in [3.63, 3.8) is 0 Å². The molecule has 0 rings (SSSR count). The van der Waals surface area contributed by atoms with E-state index in [0.717, 1.165) is 70.6 Å². The van der Waals surface area contributed by atoms with Crippen molar-refractivity contribution in [3.05, 3.63) is 36.5 Å². The van der Waals surface area contributed by atoms with Crippen LogP contribution in [0.5, 0.6) is 0 Å². The number of allylic oxidation sites excluding steroid dienone is 6. The van der Waals surface area contributed by atoms with Gasteiger partial charge in [0.1, 0.15) is 13.2 Å². The van der Waals surface area contributed by atoms with Gasteiger partial charge in [-0.1, -0.05) is 333 Å². The molecular formula is C70H130O6. The van der Waals surface area contributed by atoms with Crippen LogP contribution in [0, 0.1) is 0 Å². The highest BCUT2D eigenvalue weighted by atomic mass is 16.6. The van der Waals surface area contributed by atoms with Crippen molar-refractivity contribution in [2.24, 2.45) is 0 Å². The predicted molar refractivity (Wildman–Crippen MR) is 330 cm³/mol. The minimum Gasteiger partial charge on any atom is -0.462 e. The van der Waals surface area contributed by atoms with Crippen molar-refractivity contribution in [2.45, 2.75) is 380 Å². The SMILES string of the molecule is CCCCCCC/C=C\C/C=C\C/C=C\CCCCCCCCCCCCCCCCC(=O)OCC(COC(=O)CCCCCCCCC)OC(=O)CCCCCCCCCCCCCCCCCCCCCCCC. The van der Waals surface area contributed by atoms with E-state index in [-0.39, 0.29) is 31.1 Å². The maximum atomic E-state index is 12.9. The molecule has 0 aliphatic heterocycles. The summed E-state index contributed by atoms with van der Waals surface area (Å²) in [5.41, 5.74) is 0. The fraction of sp³-hybridized carbons (Fsp3) is 0.871. The van der Waals surface area contributed by atoms with Gasteiger partial charge in [-0.15, -0.1) is 0 Å². The smallest absolute Gasteiger partial charge is 0.306 e. The Balaban J connectivity index is 4.04. The van der Waals surface area contributed by atoms with Crippen LogP contribution in [0.1, 0.15) is 374 Å². The standard InChI is InChI=1S/C70H130O6/c1-4-7-10-13-16-18-20-22-24-26-28-30-32-33-34-35-36-37-38-40-41-43-45-47-49-51-54-57-60-63-69(72)75-66-67(65-74-68(71)62-59-56-53-15-12-9-6-3)76-70(73)64-61-58-55-52-50-48-46-44-42-39-31-29-27-25-23-21-19-17-14-11-8-5-2/h20,22,26,28,32-33,67H,4-19,21,23-25,27,29-31,34-66H2,1-3H3/b22-20-,28-26-,33-32-. The molecule has 1 atom stereocenters. The second kappa shape index (κ2) is 65.2. The summed E-state index contributed by atoms with van der Waals surface area (Å²) in [5.74, 6) is -0.849. The molecule has 0 aliphatic rings. The lowest BCUT2D eigenvalue weighted by Crippen LogP contribution is -2.30. The maximum Gasteiger partial charge on any atom is 0.306 e. The topological polar surface area (TPSA) is 78.9 Å². The first-order valence-corrected chi connectivity index (χ1v) is 34.0. The van der Waals surface area contributed by atoms with Crippen LogP contribution in [0.4, 0.5) is 0 Å². The van der Waals surface area contributed by atoms with E-state index in [1.807, 2.05) is 0 Å². The number of hydrogen-bond donors (Lipinski definition) is 0. The zero-order valence-corrected chi connectivity index (χ0v) is 51.3. The Morgan fingerprint density at radius 3 is 0.737 bits per heavy atom. The molecule has 0 aliphatic carbocycles. The largest absolute Gasteiger partial charge is 0.462 e. The van der Waals surface area contributed by atoms with Crippen molar-refractivity contribution >= 4 is 17.9 Å². The third-order valence-corrected chi connectivity index (χ3v) is 15.4. The molecule has 1 unspecified atom stereocenters. The molecule has 0 aromatic heterocycles. The molecule has 0 aromatic rings. The maximum absolute atomic E-state index is 12.9. The predicted octanol–water partition coefficient (Wildman–Crippen LogP) is 23.2. The summed E-state index contributed by atoms with van der Waals surface area (Å²) in [4.78, 5) is 38.1. The lowest BCUT2D eigenvalue weighted by molar-refractivity contribution is -0.167. The highest BCUT2D eigenvalue weighted by molar-refractivity contribution is 5.71. The van der Waals surface area contributed by atoms with E-state index < -0.39 is 6.10 Å². The lowest BCUT2D eigenvalue weighted by Gasteiger charge is -2.18. The van der Waals surface area contributed by atoms with Gasteiger partial charge in [0, 0.05) is 19.3 Å². The van der Waals surface area contributed by atoms with E-state index in [9.17, 15) is 14.4 Å². The molecule has 6 nitrogen and oxygen atoms in total. The van der Waals surface area contributed by atoms with E-state index >= 15 is 0 Å². The molecule has 0 fully saturated rings. The second-order valence-corrected chi connectivity index (χ2v) is 23.1. The fourth-order valence-electron chi connectivity index (χ4n) is 10.3. The van der Waals surface area contributed by atoms with Crippen molar-refractivity contribution in [1.29, 1.82) is 0 Å². The molecule has 0 heterocycles. The van der Waals surface area contributed by atoms with Gasteiger partial charge in [-0.05, 0) is 57.8 Å². The summed E-state index contributed by atoms with van der Waals surface area (Å²) in [6.07, 6.45) is 80.5. The van der Waals surface area contributed by atoms with Crippen LogP contribution in [-0.2, 0) is 28.6 Å². The summed E-state index contributed by atoms with van der Waals surface area (Å²) < 4.78 is 16.9. The number of esters is 3. The molecule has 6 heteroatoms. The van der Waals surface area contributed by atoms with Crippen LogP contribution in [0.25, 0.3) is 0 Å². The molecule has 0 N–H and O–H groups in total. The molecule has 0 aromatic carbocycles. The van der Waals surface area contributed by atoms with Gasteiger partial charge in [0.05, 0.1) is 0 Å².